The fourth-order valence-electron chi connectivity index (χ4n) is 2.09. The molecule has 0 radical (unpaired) electrons. The fraction of sp³-hybridized carbons (Fsp3) is 0.636. The van der Waals surface area contributed by atoms with Gasteiger partial charge in [-0.05, 0) is 33.0 Å². The van der Waals surface area contributed by atoms with E-state index in [2.05, 4.69) is 33.3 Å². The van der Waals surface area contributed by atoms with E-state index in [4.69, 9.17) is 0 Å². The molecule has 0 saturated carbocycles. The number of likely N-dealkylation sites (N-methyl/N-ethyl adjacent to an activating group) is 1. The van der Waals surface area contributed by atoms with Gasteiger partial charge in [0.1, 0.15) is 0 Å². The Labute approximate surface area is 90.7 Å². The van der Waals surface area contributed by atoms with Gasteiger partial charge in [0.05, 0.1) is 5.69 Å². The predicted octanol–water partition coefficient (Wildman–Crippen LogP) is 1.25. The summed E-state index contributed by atoms with van der Waals surface area (Å²) in [7, 11) is 4.02. The highest BCUT2D eigenvalue weighted by Crippen LogP contribution is 2.25. The topological polar surface area (TPSA) is 41.1 Å². The highest BCUT2D eigenvalue weighted by molar-refractivity contribution is 5.28. The van der Waals surface area contributed by atoms with E-state index in [0.717, 1.165) is 18.2 Å². The molecule has 82 valence electrons. The number of hydrogen-bond acceptors (Lipinski definition) is 4. The Balaban J connectivity index is 2.24. The van der Waals surface area contributed by atoms with Crippen LogP contribution in [-0.4, -0.2) is 42.1 Å². The average molecular weight is 206 g/mol. The van der Waals surface area contributed by atoms with Gasteiger partial charge in [-0.2, -0.15) is 0 Å². The first-order valence-electron chi connectivity index (χ1n) is 5.41. The summed E-state index contributed by atoms with van der Waals surface area (Å²) in [5.74, 6) is 1.31. The van der Waals surface area contributed by atoms with E-state index < -0.39 is 0 Å². The molecule has 4 heteroatoms. The number of hydrogen-bond donors (Lipinski definition) is 1. The van der Waals surface area contributed by atoms with Gasteiger partial charge in [0, 0.05) is 25.2 Å². The van der Waals surface area contributed by atoms with Crippen molar-refractivity contribution in [2.24, 2.45) is 0 Å². The lowest BCUT2D eigenvalue weighted by atomic mass is 10.0. The van der Waals surface area contributed by atoms with Crippen molar-refractivity contribution in [1.29, 1.82) is 0 Å². The van der Waals surface area contributed by atoms with Crippen LogP contribution in [0.4, 0.5) is 5.95 Å². The molecular weight excluding hydrogens is 188 g/mol. The third-order valence-electron chi connectivity index (χ3n) is 2.91. The first-order chi connectivity index (χ1) is 7.19. The van der Waals surface area contributed by atoms with Crippen molar-refractivity contribution in [3.05, 3.63) is 17.5 Å². The minimum atomic E-state index is 0.573. The summed E-state index contributed by atoms with van der Waals surface area (Å²) >= 11 is 0. The van der Waals surface area contributed by atoms with Crippen LogP contribution in [0.3, 0.4) is 0 Å². The Morgan fingerprint density at radius 3 is 2.87 bits per heavy atom. The predicted molar refractivity (Wildman–Crippen MR) is 61.2 cm³/mol. The first kappa shape index (κ1) is 10.4. The zero-order valence-corrected chi connectivity index (χ0v) is 9.62. The van der Waals surface area contributed by atoms with Crippen LogP contribution in [0.15, 0.2) is 6.07 Å². The monoisotopic (exact) mass is 206 g/mol. The van der Waals surface area contributed by atoms with Crippen LogP contribution in [0, 0.1) is 6.92 Å². The van der Waals surface area contributed by atoms with E-state index >= 15 is 0 Å². The summed E-state index contributed by atoms with van der Waals surface area (Å²) in [6.07, 6.45) is 1.20. The lowest BCUT2D eigenvalue weighted by Gasteiger charge is -2.11. The molecule has 15 heavy (non-hydrogen) atoms. The van der Waals surface area contributed by atoms with E-state index in [1.165, 1.54) is 18.7 Å². The summed E-state index contributed by atoms with van der Waals surface area (Å²) in [5.41, 5.74) is 2.22. The van der Waals surface area contributed by atoms with Gasteiger partial charge in [-0.1, -0.05) is 0 Å². The highest BCUT2D eigenvalue weighted by Gasteiger charge is 2.22. The maximum atomic E-state index is 4.52. The van der Waals surface area contributed by atoms with Gasteiger partial charge in [0.25, 0.3) is 0 Å². The summed E-state index contributed by atoms with van der Waals surface area (Å²) in [5, 5.41) is 3.01. The average Bonchev–Trinajstić information content (AvgIpc) is 2.64. The Bertz CT molecular complexity index is 350. The van der Waals surface area contributed by atoms with Crippen LogP contribution < -0.4 is 5.32 Å². The van der Waals surface area contributed by atoms with Gasteiger partial charge in [0.15, 0.2) is 0 Å². The van der Waals surface area contributed by atoms with Gasteiger partial charge < -0.3 is 10.2 Å². The largest absolute Gasteiger partial charge is 0.357 e. The minimum absolute atomic E-state index is 0.573. The maximum absolute atomic E-state index is 4.52. The lowest BCUT2D eigenvalue weighted by Crippen LogP contribution is -2.14. The Morgan fingerprint density at radius 1 is 1.47 bits per heavy atom. The lowest BCUT2D eigenvalue weighted by molar-refractivity contribution is 0.410. The smallest absolute Gasteiger partial charge is 0.222 e. The van der Waals surface area contributed by atoms with Crippen molar-refractivity contribution in [2.75, 3.05) is 32.5 Å². The van der Waals surface area contributed by atoms with Crippen molar-refractivity contribution < 1.29 is 0 Å². The molecule has 1 aromatic heterocycles. The molecule has 1 unspecified atom stereocenters. The highest BCUT2D eigenvalue weighted by atomic mass is 15.1. The van der Waals surface area contributed by atoms with Gasteiger partial charge in [-0.25, -0.2) is 9.97 Å². The fourth-order valence-corrected chi connectivity index (χ4v) is 2.09. The van der Waals surface area contributed by atoms with Crippen molar-refractivity contribution in [1.82, 2.24) is 14.9 Å². The minimum Gasteiger partial charge on any atom is -0.357 e. The molecule has 1 fully saturated rings. The molecular formula is C11H18N4. The molecule has 0 bridgehead atoms. The van der Waals surface area contributed by atoms with E-state index in [1.54, 1.807) is 0 Å². The van der Waals surface area contributed by atoms with E-state index in [-0.39, 0.29) is 0 Å². The number of nitrogens with zero attached hydrogens (tertiary/aromatic N) is 3. The van der Waals surface area contributed by atoms with Crippen molar-refractivity contribution in [3.63, 3.8) is 0 Å². The normalized spacial score (nSPS) is 21.9. The number of aryl methyl sites for hydroxylation is 1. The second-order valence-corrected chi connectivity index (χ2v) is 4.26. The van der Waals surface area contributed by atoms with Crippen LogP contribution in [0.1, 0.15) is 23.7 Å². The summed E-state index contributed by atoms with van der Waals surface area (Å²) < 4.78 is 0. The quantitative estimate of drug-likeness (QED) is 0.790. The number of likely N-dealkylation sites (tertiary alicyclic amines) is 1. The van der Waals surface area contributed by atoms with E-state index in [1.807, 2.05) is 14.0 Å². The molecule has 1 aromatic rings. The molecule has 2 heterocycles. The molecule has 1 aliphatic heterocycles. The molecule has 0 aromatic carbocycles. The summed E-state index contributed by atoms with van der Waals surface area (Å²) in [4.78, 5) is 11.2. The number of rotatable bonds is 2. The van der Waals surface area contributed by atoms with E-state index in [9.17, 15) is 0 Å². The molecule has 0 aliphatic carbocycles. The van der Waals surface area contributed by atoms with Crippen molar-refractivity contribution >= 4 is 5.95 Å². The molecule has 4 nitrogen and oxygen atoms in total. The maximum Gasteiger partial charge on any atom is 0.222 e. The Hall–Kier alpha value is -1.16. The second kappa shape index (κ2) is 4.14. The SMILES string of the molecule is CNc1nc(C)cc(C2CCN(C)C2)n1. The molecule has 1 saturated heterocycles. The Kier molecular flexibility index (Phi) is 2.86. The third-order valence-corrected chi connectivity index (χ3v) is 2.91. The third kappa shape index (κ3) is 2.26. The van der Waals surface area contributed by atoms with Crippen LogP contribution >= 0.6 is 0 Å². The standard InChI is InChI=1S/C11H18N4/c1-8-6-10(14-11(12-2)13-8)9-4-5-15(3)7-9/h6,9H,4-5,7H2,1-3H3,(H,12,13,14). The molecule has 1 N–H and O–H groups in total. The molecule has 1 atom stereocenters. The molecule has 0 amide bonds. The van der Waals surface area contributed by atoms with Gasteiger partial charge in [-0.15, -0.1) is 0 Å². The van der Waals surface area contributed by atoms with Crippen LogP contribution in [-0.2, 0) is 0 Å². The first-order valence-corrected chi connectivity index (χ1v) is 5.41. The van der Waals surface area contributed by atoms with Crippen LogP contribution in [0.25, 0.3) is 0 Å². The van der Waals surface area contributed by atoms with Gasteiger partial charge in [0.2, 0.25) is 5.95 Å². The number of anilines is 1. The summed E-state index contributed by atoms with van der Waals surface area (Å²) in [6.45, 7) is 4.30. The zero-order chi connectivity index (χ0) is 10.8. The van der Waals surface area contributed by atoms with Crippen LogP contribution in [0.5, 0.6) is 0 Å². The van der Waals surface area contributed by atoms with Crippen molar-refractivity contribution in [2.45, 2.75) is 19.3 Å². The summed E-state index contributed by atoms with van der Waals surface area (Å²) in [6, 6.07) is 2.10. The number of aromatic nitrogens is 2. The van der Waals surface area contributed by atoms with Gasteiger partial charge >= 0.3 is 0 Å². The van der Waals surface area contributed by atoms with E-state index in [0.29, 0.717) is 5.92 Å². The second-order valence-electron chi connectivity index (χ2n) is 4.26. The van der Waals surface area contributed by atoms with Crippen molar-refractivity contribution in [3.8, 4) is 0 Å². The number of nitrogens with one attached hydrogen (secondary N) is 1. The molecule has 2 rings (SSSR count). The Morgan fingerprint density at radius 2 is 2.27 bits per heavy atom. The van der Waals surface area contributed by atoms with Crippen LogP contribution in [0.2, 0.25) is 0 Å². The molecule has 1 aliphatic rings. The van der Waals surface area contributed by atoms with Gasteiger partial charge in [-0.3, -0.25) is 0 Å². The molecule has 0 spiro atoms. The zero-order valence-electron chi connectivity index (χ0n) is 9.62.